The zero-order chi connectivity index (χ0) is 14.8. The zero-order valence-electron chi connectivity index (χ0n) is 11.2. The Balaban J connectivity index is 2.08. The van der Waals surface area contributed by atoms with E-state index in [-0.39, 0.29) is 12.5 Å². The molecule has 2 aromatic rings. The molecule has 20 heavy (non-hydrogen) atoms. The summed E-state index contributed by atoms with van der Waals surface area (Å²) in [4.78, 5) is 23.8. The summed E-state index contributed by atoms with van der Waals surface area (Å²) in [5, 5.41) is 17.3. The summed E-state index contributed by atoms with van der Waals surface area (Å²) >= 11 is 1.52. The second kappa shape index (κ2) is 5.46. The highest BCUT2D eigenvalue weighted by atomic mass is 32.1. The molecule has 0 fully saturated rings. The Labute approximate surface area is 120 Å². The molecule has 7 heteroatoms. The predicted octanol–water partition coefficient (Wildman–Crippen LogP) is 1.95. The molecule has 0 atom stereocenters. The molecule has 0 bridgehead atoms. The van der Waals surface area contributed by atoms with E-state index in [2.05, 4.69) is 10.4 Å². The number of carboxylic acid groups (broad SMARTS) is 1. The van der Waals surface area contributed by atoms with Crippen LogP contribution < -0.4 is 5.32 Å². The van der Waals surface area contributed by atoms with E-state index in [9.17, 15) is 9.59 Å². The number of hydrogen-bond acceptors (Lipinski definition) is 4. The molecule has 0 aromatic carbocycles. The maximum atomic E-state index is 12.3. The zero-order valence-corrected chi connectivity index (χ0v) is 12.0. The molecule has 2 heterocycles. The minimum absolute atomic E-state index is 0.180. The summed E-state index contributed by atoms with van der Waals surface area (Å²) in [6.45, 7) is 3.44. The van der Waals surface area contributed by atoms with Crippen LogP contribution in [0.25, 0.3) is 0 Å². The molecule has 0 spiro atoms. The lowest BCUT2D eigenvalue weighted by molar-refractivity contribution is -0.137. The number of carbonyl (C=O) groups is 2. The number of anilines is 1. The van der Waals surface area contributed by atoms with Crippen LogP contribution in [0.1, 0.15) is 18.7 Å². The number of amides is 1. The van der Waals surface area contributed by atoms with Gasteiger partial charge in [-0.05, 0) is 25.3 Å². The Morgan fingerprint density at radius 3 is 2.80 bits per heavy atom. The van der Waals surface area contributed by atoms with Crippen molar-refractivity contribution < 1.29 is 14.7 Å². The normalized spacial score (nSPS) is 11.3. The second-order valence-electron chi connectivity index (χ2n) is 4.85. The van der Waals surface area contributed by atoms with Crippen molar-refractivity contribution in [3.05, 3.63) is 34.7 Å². The average molecular weight is 293 g/mol. The first-order valence-electron chi connectivity index (χ1n) is 6.00. The predicted molar refractivity (Wildman–Crippen MR) is 75.8 cm³/mol. The van der Waals surface area contributed by atoms with Gasteiger partial charge in [0.2, 0.25) is 5.91 Å². The van der Waals surface area contributed by atoms with E-state index < -0.39 is 11.4 Å². The number of aromatic nitrogens is 2. The lowest BCUT2D eigenvalue weighted by atomic mass is 9.90. The van der Waals surface area contributed by atoms with Gasteiger partial charge in [-0.3, -0.25) is 14.3 Å². The Kier molecular flexibility index (Phi) is 3.89. The van der Waals surface area contributed by atoms with E-state index in [1.165, 1.54) is 22.2 Å². The molecule has 0 unspecified atom stereocenters. The summed E-state index contributed by atoms with van der Waals surface area (Å²) in [5.41, 5.74) is -0.662. The largest absolute Gasteiger partial charge is 0.480 e. The highest BCUT2D eigenvalue weighted by molar-refractivity contribution is 7.10. The third-order valence-corrected chi connectivity index (χ3v) is 4.08. The number of rotatable bonds is 5. The first kappa shape index (κ1) is 14.3. The van der Waals surface area contributed by atoms with Gasteiger partial charge in [0.15, 0.2) is 5.82 Å². The molecule has 106 valence electrons. The van der Waals surface area contributed by atoms with Crippen LogP contribution in [0, 0.1) is 0 Å². The number of carboxylic acids is 1. The molecule has 0 aliphatic carbocycles. The lowest BCUT2D eigenvalue weighted by Crippen LogP contribution is -2.34. The van der Waals surface area contributed by atoms with Gasteiger partial charge in [0.1, 0.15) is 6.54 Å². The Morgan fingerprint density at radius 1 is 1.45 bits per heavy atom. The molecular weight excluding hydrogens is 278 g/mol. The van der Waals surface area contributed by atoms with Gasteiger partial charge in [-0.25, -0.2) is 0 Å². The standard InChI is InChI=1S/C13H15N3O3S/c1-13(2,9-4-3-7-20-9)12(19)14-10-5-6-16(15-10)8-11(17)18/h3-7H,8H2,1-2H3,(H,17,18)(H,14,15,19). The molecule has 0 saturated heterocycles. The highest BCUT2D eigenvalue weighted by Gasteiger charge is 2.31. The number of hydrogen-bond donors (Lipinski definition) is 2. The maximum absolute atomic E-state index is 12.3. The van der Waals surface area contributed by atoms with E-state index in [4.69, 9.17) is 5.11 Å². The molecule has 6 nitrogen and oxygen atoms in total. The van der Waals surface area contributed by atoms with Crippen LogP contribution in [0.3, 0.4) is 0 Å². The first-order valence-corrected chi connectivity index (χ1v) is 6.88. The van der Waals surface area contributed by atoms with Crippen molar-refractivity contribution in [2.24, 2.45) is 0 Å². The van der Waals surface area contributed by atoms with Gasteiger partial charge in [0.05, 0.1) is 5.41 Å². The maximum Gasteiger partial charge on any atom is 0.325 e. The quantitative estimate of drug-likeness (QED) is 0.882. The van der Waals surface area contributed by atoms with Crippen molar-refractivity contribution in [1.82, 2.24) is 9.78 Å². The van der Waals surface area contributed by atoms with E-state index >= 15 is 0 Å². The Bertz CT molecular complexity index is 617. The van der Waals surface area contributed by atoms with Gasteiger partial charge in [0, 0.05) is 17.1 Å². The summed E-state index contributed by atoms with van der Waals surface area (Å²) in [5.74, 6) is -0.814. The third kappa shape index (κ3) is 3.05. The van der Waals surface area contributed by atoms with Gasteiger partial charge in [-0.15, -0.1) is 11.3 Å². The van der Waals surface area contributed by atoms with Crippen molar-refractivity contribution in [2.75, 3.05) is 5.32 Å². The van der Waals surface area contributed by atoms with Crippen LogP contribution in [0.15, 0.2) is 29.8 Å². The summed E-state index contributed by atoms with van der Waals surface area (Å²) in [7, 11) is 0. The first-order chi connectivity index (χ1) is 9.39. The van der Waals surface area contributed by atoms with Crippen molar-refractivity contribution in [3.8, 4) is 0 Å². The number of nitrogens with one attached hydrogen (secondary N) is 1. The fourth-order valence-corrected chi connectivity index (χ4v) is 2.52. The SMILES string of the molecule is CC(C)(C(=O)Nc1ccn(CC(=O)O)n1)c1cccs1. The number of nitrogens with zero attached hydrogens (tertiary/aromatic N) is 2. The van der Waals surface area contributed by atoms with Crippen LogP contribution in [0.2, 0.25) is 0 Å². The minimum Gasteiger partial charge on any atom is -0.480 e. The van der Waals surface area contributed by atoms with Gasteiger partial charge >= 0.3 is 5.97 Å². The van der Waals surface area contributed by atoms with E-state index in [0.29, 0.717) is 5.82 Å². The number of aliphatic carboxylic acids is 1. The highest BCUT2D eigenvalue weighted by Crippen LogP contribution is 2.28. The van der Waals surface area contributed by atoms with E-state index in [1.54, 1.807) is 6.07 Å². The monoisotopic (exact) mass is 293 g/mol. The van der Waals surface area contributed by atoms with E-state index in [0.717, 1.165) is 4.88 Å². The fraction of sp³-hybridized carbons (Fsp3) is 0.308. The van der Waals surface area contributed by atoms with E-state index in [1.807, 2.05) is 31.4 Å². The fourth-order valence-electron chi connectivity index (χ4n) is 1.67. The molecule has 1 amide bonds. The van der Waals surface area contributed by atoms with Gasteiger partial charge in [-0.2, -0.15) is 5.10 Å². The van der Waals surface area contributed by atoms with Crippen LogP contribution in [-0.2, 0) is 21.5 Å². The molecule has 2 N–H and O–H groups in total. The Morgan fingerprint density at radius 2 is 2.20 bits per heavy atom. The summed E-state index contributed by atoms with van der Waals surface area (Å²) in [6, 6.07) is 5.38. The number of thiophene rings is 1. The topological polar surface area (TPSA) is 84.2 Å². The van der Waals surface area contributed by atoms with Gasteiger partial charge in [0.25, 0.3) is 0 Å². The smallest absolute Gasteiger partial charge is 0.325 e. The Hall–Kier alpha value is -2.15. The molecule has 0 saturated carbocycles. The second-order valence-corrected chi connectivity index (χ2v) is 5.80. The van der Waals surface area contributed by atoms with Gasteiger partial charge in [-0.1, -0.05) is 6.07 Å². The van der Waals surface area contributed by atoms with Crippen molar-refractivity contribution in [2.45, 2.75) is 25.8 Å². The molecule has 0 radical (unpaired) electrons. The third-order valence-electron chi connectivity index (χ3n) is 2.88. The van der Waals surface area contributed by atoms with Crippen molar-refractivity contribution >= 4 is 29.0 Å². The molecule has 2 rings (SSSR count). The van der Waals surface area contributed by atoms with Crippen molar-refractivity contribution in [3.63, 3.8) is 0 Å². The van der Waals surface area contributed by atoms with Crippen LogP contribution in [0.4, 0.5) is 5.82 Å². The van der Waals surface area contributed by atoms with Crippen LogP contribution in [-0.4, -0.2) is 26.8 Å². The van der Waals surface area contributed by atoms with Crippen molar-refractivity contribution in [1.29, 1.82) is 0 Å². The summed E-state index contributed by atoms with van der Waals surface area (Å²) in [6.07, 6.45) is 1.52. The number of carbonyl (C=O) groups excluding carboxylic acids is 1. The molecule has 0 aliphatic rings. The lowest BCUT2D eigenvalue weighted by Gasteiger charge is -2.21. The molecule has 2 aromatic heterocycles. The summed E-state index contributed by atoms with van der Waals surface area (Å²) < 4.78 is 1.26. The van der Waals surface area contributed by atoms with Gasteiger partial charge < -0.3 is 10.4 Å². The average Bonchev–Trinajstić information content (AvgIpc) is 2.99. The minimum atomic E-state index is -0.982. The van der Waals surface area contributed by atoms with Crippen LogP contribution >= 0.6 is 11.3 Å². The molecular formula is C13H15N3O3S. The molecule has 0 aliphatic heterocycles. The van der Waals surface area contributed by atoms with Crippen LogP contribution in [0.5, 0.6) is 0 Å².